The van der Waals surface area contributed by atoms with Crippen LogP contribution < -0.4 is 5.73 Å². The SMILES string of the molecule is CN=C/C(=C\N)CCC(C)C1CCC2C1(C)CCC1C34CCC(C)CC3=CCC214. The highest BCUT2D eigenvalue weighted by molar-refractivity contribution is 5.78. The van der Waals surface area contributed by atoms with Crippen molar-refractivity contribution in [2.75, 3.05) is 7.05 Å². The molecule has 0 bridgehead atoms. The van der Waals surface area contributed by atoms with Crippen molar-refractivity contribution in [3.8, 4) is 0 Å². The summed E-state index contributed by atoms with van der Waals surface area (Å²) >= 11 is 0. The summed E-state index contributed by atoms with van der Waals surface area (Å²) in [6, 6.07) is 0. The van der Waals surface area contributed by atoms with Gasteiger partial charge in [-0.1, -0.05) is 32.4 Å². The average molecular weight is 395 g/mol. The molecule has 8 unspecified atom stereocenters. The molecule has 0 aliphatic heterocycles. The summed E-state index contributed by atoms with van der Waals surface area (Å²) in [5.74, 6) is 4.62. The lowest BCUT2D eigenvalue weighted by molar-refractivity contribution is 0.0170. The fourth-order valence-corrected chi connectivity index (χ4v) is 9.83. The maximum absolute atomic E-state index is 5.82. The Labute approximate surface area is 178 Å². The van der Waals surface area contributed by atoms with Gasteiger partial charge in [0.05, 0.1) is 0 Å². The highest BCUT2D eigenvalue weighted by Gasteiger charge is 2.84. The standard InChI is InChI=1S/C27H42N2/c1-18-9-13-26-21(15-18)10-14-27(26)23-8-7-22(25(23,3)12-11-24(26)27)19(2)5-6-20(16-28)17-29-4/h10,16-19,22-24H,5-9,11-15,28H2,1-4H3/b20-16-,29-17?. The van der Waals surface area contributed by atoms with Gasteiger partial charge in [0.1, 0.15) is 0 Å². The molecule has 2 N–H and O–H groups in total. The molecule has 0 aromatic rings. The summed E-state index contributed by atoms with van der Waals surface area (Å²) < 4.78 is 0. The first-order chi connectivity index (χ1) is 13.9. The Morgan fingerprint density at radius 1 is 1.24 bits per heavy atom. The van der Waals surface area contributed by atoms with Crippen LogP contribution in [0.3, 0.4) is 0 Å². The van der Waals surface area contributed by atoms with Crippen LogP contribution in [0, 0.1) is 45.8 Å². The molecule has 2 spiro atoms. The molecule has 0 aromatic carbocycles. The number of hydrogen-bond acceptors (Lipinski definition) is 2. The molecular formula is C27H42N2. The summed E-state index contributed by atoms with van der Waals surface area (Å²) in [6.07, 6.45) is 20.5. The van der Waals surface area contributed by atoms with E-state index in [1.807, 2.05) is 18.8 Å². The molecule has 4 fully saturated rings. The van der Waals surface area contributed by atoms with E-state index >= 15 is 0 Å². The molecule has 0 aromatic heterocycles. The summed E-state index contributed by atoms with van der Waals surface area (Å²) in [5, 5.41) is 0. The lowest BCUT2D eigenvalue weighted by Gasteiger charge is -2.47. The molecule has 0 amide bonds. The minimum Gasteiger partial charge on any atom is -0.404 e. The van der Waals surface area contributed by atoms with Crippen LogP contribution in [0.15, 0.2) is 28.4 Å². The van der Waals surface area contributed by atoms with Crippen LogP contribution in [0.5, 0.6) is 0 Å². The third kappa shape index (κ3) is 2.44. The van der Waals surface area contributed by atoms with E-state index in [4.69, 9.17) is 5.73 Å². The lowest BCUT2D eigenvalue weighted by atomic mass is 9.57. The van der Waals surface area contributed by atoms with Gasteiger partial charge in [0.15, 0.2) is 0 Å². The maximum Gasteiger partial charge on any atom is 0.0277 e. The van der Waals surface area contributed by atoms with Crippen molar-refractivity contribution in [2.24, 2.45) is 56.6 Å². The topological polar surface area (TPSA) is 38.4 Å². The first-order valence-electron chi connectivity index (χ1n) is 12.5. The number of aliphatic imine (C=N–C) groups is 1. The zero-order valence-corrected chi connectivity index (χ0v) is 19.2. The van der Waals surface area contributed by atoms with Gasteiger partial charge >= 0.3 is 0 Å². The zero-order chi connectivity index (χ0) is 20.4. The molecule has 5 aliphatic rings. The van der Waals surface area contributed by atoms with E-state index in [0.717, 1.165) is 36.0 Å². The monoisotopic (exact) mass is 394 g/mol. The minimum absolute atomic E-state index is 0.567. The van der Waals surface area contributed by atoms with Gasteiger partial charge in [0.2, 0.25) is 0 Å². The van der Waals surface area contributed by atoms with E-state index in [1.165, 1.54) is 63.4 Å². The van der Waals surface area contributed by atoms with Crippen LogP contribution in [0.1, 0.15) is 85.0 Å². The number of nitrogens with two attached hydrogens (primary N) is 1. The Morgan fingerprint density at radius 2 is 2.07 bits per heavy atom. The van der Waals surface area contributed by atoms with Crippen LogP contribution >= 0.6 is 0 Å². The molecule has 0 heterocycles. The average Bonchev–Trinajstić information content (AvgIpc) is 2.95. The molecule has 4 saturated carbocycles. The Morgan fingerprint density at radius 3 is 2.83 bits per heavy atom. The van der Waals surface area contributed by atoms with E-state index in [-0.39, 0.29) is 0 Å². The van der Waals surface area contributed by atoms with Gasteiger partial charge in [-0.3, -0.25) is 4.99 Å². The van der Waals surface area contributed by atoms with Gasteiger partial charge in [-0.15, -0.1) is 0 Å². The number of rotatable bonds is 5. The van der Waals surface area contributed by atoms with Crippen LogP contribution in [0.2, 0.25) is 0 Å². The minimum atomic E-state index is 0.567. The molecule has 5 aliphatic carbocycles. The molecular weight excluding hydrogens is 352 g/mol. The zero-order valence-electron chi connectivity index (χ0n) is 19.2. The molecule has 5 rings (SSSR count). The largest absolute Gasteiger partial charge is 0.404 e. The van der Waals surface area contributed by atoms with Gasteiger partial charge in [0.25, 0.3) is 0 Å². The van der Waals surface area contributed by atoms with E-state index in [2.05, 4.69) is 31.8 Å². The van der Waals surface area contributed by atoms with Crippen LogP contribution in [-0.2, 0) is 0 Å². The molecule has 0 radical (unpaired) electrons. The van der Waals surface area contributed by atoms with Crippen molar-refractivity contribution in [1.29, 1.82) is 0 Å². The fraction of sp³-hybridized carbons (Fsp3) is 0.815. The normalized spacial score (nSPS) is 49.2. The highest BCUT2D eigenvalue weighted by atomic mass is 14.9. The van der Waals surface area contributed by atoms with Crippen molar-refractivity contribution in [1.82, 2.24) is 0 Å². The van der Waals surface area contributed by atoms with E-state index < -0.39 is 0 Å². The van der Waals surface area contributed by atoms with Crippen LogP contribution in [0.4, 0.5) is 0 Å². The third-order valence-electron chi connectivity index (χ3n) is 10.9. The molecule has 8 atom stereocenters. The maximum atomic E-state index is 5.82. The molecule has 2 nitrogen and oxygen atoms in total. The Balaban J connectivity index is 1.35. The smallest absolute Gasteiger partial charge is 0.0277 e. The first-order valence-corrected chi connectivity index (χ1v) is 12.5. The summed E-state index contributed by atoms with van der Waals surface area (Å²) in [4.78, 5) is 4.18. The van der Waals surface area contributed by atoms with Crippen molar-refractivity contribution in [2.45, 2.75) is 85.0 Å². The van der Waals surface area contributed by atoms with Gasteiger partial charge < -0.3 is 5.73 Å². The van der Waals surface area contributed by atoms with Crippen molar-refractivity contribution in [3.63, 3.8) is 0 Å². The second-order valence-corrected chi connectivity index (χ2v) is 11.8. The van der Waals surface area contributed by atoms with Crippen molar-refractivity contribution in [3.05, 3.63) is 23.4 Å². The van der Waals surface area contributed by atoms with Gasteiger partial charge in [-0.2, -0.15) is 0 Å². The molecule has 0 saturated heterocycles. The van der Waals surface area contributed by atoms with Gasteiger partial charge in [-0.25, -0.2) is 0 Å². The van der Waals surface area contributed by atoms with Gasteiger partial charge in [0, 0.05) is 18.7 Å². The Hall–Kier alpha value is -1.05. The van der Waals surface area contributed by atoms with Gasteiger partial charge in [-0.05, 0) is 116 Å². The summed E-state index contributed by atoms with van der Waals surface area (Å²) in [7, 11) is 1.84. The second kappa shape index (κ2) is 6.72. The Kier molecular flexibility index (Phi) is 4.61. The number of allylic oxidation sites excluding steroid dienone is 3. The second-order valence-electron chi connectivity index (χ2n) is 11.8. The number of hydrogen-bond donors (Lipinski definition) is 1. The lowest BCUT2D eigenvalue weighted by Crippen LogP contribution is -2.40. The van der Waals surface area contributed by atoms with Crippen LogP contribution in [0.25, 0.3) is 0 Å². The predicted molar refractivity (Wildman–Crippen MR) is 123 cm³/mol. The molecule has 2 heteroatoms. The van der Waals surface area contributed by atoms with E-state index in [0.29, 0.717) is 16.2 Å². The predicted octanol–water partition coefficient (Wildman–Crippen LogP) is 6.52. The fourth-order valence-electron chi connectivity index (χ4n) is 9.83. The Bertz CT molecular complexity index is 762. The van der Waals surface area contributed by atoms with Crippen LogP contribution in [-0.4, -0.2) is 13.3 Å². The quantitative estimate of drug-likeness (QED) is 0.418. The molecule has 29 heavy (non-hydrogen) atoms. The number of fused-ring (bicyclic) bond motifs is 1. The molecule has 160 valence electrons. The summed E-state index contributed by atoms with van der Waals surface area (Å²) in [5.41, 5.74) is 10.8. The highest BCUT2D eigenvalue weighted by Crippen LogP contribution is 2.90. The van der Waals surface area contributed by atoms with E-state index in [1.54, 1.807) is 6.20 Å². The number of nitrogens with zero attached hydrogens (tertiary/aromatic N) is 1. The first kappa shape index (κ1) is 19.9. The van der Waals surface area contributed by atoms with Crippen molar-refractivity contribution < 1.29 is 0 Å². The summed E-state index contributed by atoms with van der Waals surface area (Å²) in [6.45, 7) is 7.72. The van der Waals surface area contributed by atoms with E-state index in [9.17, 15) is 0 Å². The van der Waals surface area contributed by atoms with Crippen molar-refractivity contribution >= 4 is 6.21 Å². The third-order valence-corrected chi connectivity index (χ3v) is 10.9.